The number of hydrogen-bond donors (Lipinski definition) is 0. The van der Waals surface area contributed by atoms with E-state index in [0.29, 0.717) is 0 Å². The van der Waals surface area contributed by atoms with Gasteiger partial charge in [0.1, 0.15) is 11.5 Å². The molecule has 0 saturated heterocycles. The maximum absolute atomic E-state index is 7.03. The van der Waals surface area contributed by atoms with Crippen molar-refractivity contribution in [2.75, 3.05) is 4.90 Å². The largest absolute Gasteiger partial charge is 0.457 e. The fourth-order valence-electron chi connectivity index (χ4n) is 11.9. The molecule has 0 N–H and O–H groups in total. The molecular formula is C63H38N2OS. The molecule has 2 aliphatic rings. The van der Waals surface area contributed by atoms with Crippen molar-refractivity contribution in [3.8, 4) is 28.3 Å². The van der Waals surface area contributed by atoms with Gasteiger partial charge in [0.15, 0.2) is 0 Å². The third-order valence-corrected chi connectivity index (χ3v) is 15.7. The first kappa shape index (κ1) is 36.9. The van der Waals surface area contributed by atoms with Gasteiger partial charge in [0.25, 0.3) is 0 Å². The number of rotatable bonds is 4. The van der Waals surface area contributed by atoms with Crippen molar-refractivity contribution in [1.82, 2.24) is 4.57 Å². The zero-order chi connectivity index (χ0) is 43.8. The molecule has 4 heteroatoms. The van der Waals surface area contributed by atoms with E-state index in [9.17, 15) is 0 Å². The maximum Gasteiger partial charge on any atom is 0.132 e. The molecule has 13 aromatic rings. The monoisotopic (exact) mass is 870 g/mol. The van der Waals surface area contributed by atoms with E-state index in [0.717, 1.165) is 39.7 Å². The smallest absolute Gasteiger partial charge is 0.132 e. The van der Waals surface area contributed by atoms with Gasteiger partial charge in [-0.2, -0.15) is 0 Å². The first-order chi connectivity index (χ1) is 33.2. The third kappa shape index (κ3) is 5.00. The summed E-state index contributed by atoms with van der Waals surface area (Å²) in [7, 11) is 0. The lowest BCUT2D eigenvalue weighted by atomic mass is 9.58. The Labute approximate surface area is 390 Å². The van der Waals surface area contributed by atoms with E-state index >= 15 is 0 Å². The number of benzene rings is 11. The molecule has 0 amide bonds. The molecule has 11 aromatic carbocycles. The molecule has 1 aliphatic heterocycles. The predicted octanol–water partition coefficient (Wildman–Crippen LogP) is 17.4. The standard InChI is InChI=1S/C63H38N2OS/c1-2-19-43-39(15-1)16-13-28-53(43)65-54-27-8-4-21-45(54)48-37-41(33-35-55(48)65)64(56-29-14-32-60-62(56)47-22-5-10-31-59(47)67-60)42-34-36-58-52(38-42)63(50-25-7-9-30-57(50)66-58)49-24-6-3-20-44(49)46-23-11-17-40-18-12-26-51(63)61(40)46/h1-38H. The van der Waals surface area contributed by atoms with E-state index in [-0.39, 0.29) is 0 Å². The van der Waals surface area contributed by atoms with Gasteiger partial charge in [0.05, 0.1) is 27.8 Å². The van der Waals surface area contributed by atoms with Crippen LogP contribution in [0.5, 0.6) is 11.5 Å². The number of aromatic nitrogens is 1. The topological polar surface area (TPSA) is 17.4 Å². The predicted molar refractivity (Wildman–Crippen MR) is 281 cm³/mol. The summed E-state index contributed by atoms with van der Waals surface area (Å²) in [4.78, 5) is 2.50. The Balaban J connectivity index is 1.04. The van der Waals surface area contributed by atoms with Crippen LogP contribution < -0.4 is 9.64 Å². The molecule has 1 aliphatic carbocycles. The van der Waals surface area contributed by atoms with Crippen LogP contribution in [-0.2, 0) is 5.41 Å². The highest BCUT2D eigenvalue weighted by atomic mass is 32.1. The van der Waals surface area contributed by atoms with Crippen molar-refractivity contribution in [1.29, 1.82) is 0 Å². The van der Waals surface area contributed by atoms with Gasteiger partial charge in [0.2, 0.25) is 0 Å². The van der Waals surface area contributed by atoms with Crippen LogP contribution in [-0.4, -0.2) is 4.57 Å². The Bertz CT molecular complexity index is 4220. The van der Waals surface area contributed by atoms with Gasteiger partial charge in [-0.25, -0.2) is 0 Å². The average Bonchev–Trinajstić information content (AvgIpc) is 3.94. The highest BCUT2D eigenvalue weighted by Gasteiger charge is 2.49. The van der Waals surface area contributed by atoms with Gasteiger partial charge in [-0.15, -0.1) is 11.3 Å². The Hall–Kier alpha value is -8.44. The van der Waals surface area contributed by atoms with Crippen LogP contribution >= 0.6 is 11.3 Å². The third-order valence-electron chi connectivity index (χ3n) is 14.6. The minimum Gasteiger partial charge on any atom is -0.457 e. The normalized spacial score (nSPS) is 14.7. The van der Waals surface area contributed by atoms with Gasteiger partial charge in [-0.05, 0) is 111 Å². The van der Waals surface area contributed by atoms with Crippen LogP contribution in [0.15, 0.2) is 231 Å². The summed E-state index contributed by atoms with van der Waals surface area (Å²) in [6.07, 6.45) is 0. The van der Waals surface area contributed by atoms with Gasteiger partial charge in [-0.1, -0.05) is 158 Å². The van der Waals surface area contributed by atoms with E-state index in [2.05, 4.69) is 240 Å². The lowest BCUT2D eigenvalue weighted by molar-refractivity contribution is 0.435. The summed E-state index contributed by atoms with van der Waals surface area (Å²) in [5.41, 5.74) is 13.4. The molecule has 1 atom stereocenters. The Morgan fingerprint density at radius 1 is 0.388 bits per heavy atom. The van der Waals surface area contributed by atoms with Crippen LogP contribution in [0.1, 0.15) is 22.3 Å². The molecule has 15 rings (SSSR count). The van der Waals surface area contributed by atoms with Crippen LogP contribution in [0, 0.1) is 0 Å². The molecule has 312 valence electrons. The fourth-order valence-corrected chi connectivity index (χ4v) is 13.1. The first-order valence-electron chi connectivity index (χ1n) is 23.0. The fraction of sp³-hybridized carbons (Fsp3) is 0.0159. The SMILES string of the molecule is c1ccc2c(c1)Oc1ccc(N(c3ccc4c(c3)c3ccccc3n4-c3cccc4ccccc34)c3cccc4sc5ccccc5c34)cc1C21c2ccccc2-c2cccc3cccc1c23. The molecule has 0 radical (unpaired) electrons. The van der Waals surface area contributed by atoms with Crippen LogP contribution in [0.3, 0.4) is 0 Å². The van der Waals surface area contributed by atoms with Gasteiger partial charge in [-0.3, -0.25) is 0 Å². The Morgan fingerprint density at radius 3 is 1.96 bits per heavy atom. The molecule has 3 heterocycles. The number of fused-ring (bicyclic) bond motifs is 15. The first-order valence-corrected chi connectivity index (χ1v) is 23.8. The van der Waals surface area contributed by atoms with Gasteiger partial charge >= 0.3 is 0 Å². The molecule has 67 heavy (non-hydrogen) atoms. The summed E-state index contributed by atoms with van der Waals surface area (Å²) in [6, 6.07) is 85.1. The van der Waals surface area contributed by atoms with E-state index in [1.165, 1.54) is 91.5 Å². The summed E-state index contributed by atoms with van der Waals surface area (Å²) >= 11 is 1.86. The van der Waals surface area contributed by atoms with E-state index in [1.54, 1.807) is 0 Å². The van der Waals surface area contributed by atoms with Crippen molar-refractivity contribution in [2.45, 2.75) is 5.41 Å². The number of nitrogens with zero attached hydrogens (tertiary/aromatic N) is 2. The van der Waals surface area contributed by atoms with Crippen LogP contribution in [0.4, 0.5) is 17.1 Å². The zero-order valence-electron chi connectivity index (χ0n) is 36.2. The van der Waals surface area contributed by atoms with Crippen LogP contribution in [0.2, 0.25) is 0 Å². The van der Waals surface area contributed by atoms with Crippen molar-refractivity contribution in [3.63, 3.8) is 0 Å². The van der Waals surface area contributed by atoms with E-state index in [4.69, 9.17) is 4.74 Å². The van der Waals surface area contributed by atoms with Crippen molar-refractivity contribution < 1.29 is 4.74 Å². The number of thiophene rings is 1. The summed E-state index contributed by atoms with van der Waals surface area (Å²) in [5, 5.41) is 9.89. The van der Waals surface area contributed by atoms with Crippen molar-refractivity contribution in [2.24, 2.45) is 0 Å². The number of ether oxygens (including phenoxy) is 1. The quantitative estimate of drug-likeness (QED) is 0.175. The van der Waals surface area contributed by atoms with Crippen molar-refractivity contribution >= 4 is 91.9 Å². The van der Waals surface area contributed by atoms with Crippen molar-refractivity contribution in [3.05, 3.63) is 253 Å². The highest BCUT2D eigenvalue weighted by Crippen LogP contribution is 2.62. The second-order valence-electron chi connectivity index (χ2n) is 17.9. The highest BCUT2D eigenvalue weighted by molar-refractivity contribution is 7.26. The van der Waals surface area contributed by atoms with E-state index in [1.807, 2.05) is 11.3 Å². The zero-order valence-corrected chi connectivity index (χ0v) is 37.0. The Kier molecular flexibility index (Phi) is 7.58. The second kappa shape index (κ2) is 13.8. The lowest BCUT2D eigenvalue weighted by Gasteiger charge is -2.45. The minimum atomic E-state index is -0.673. The number of hydrogen-bond acceptors (Lipinski definition) is 3. The second-order valence-corrected chi connectivity index (χ2v) is 19.0. The minimum absolute atomic E-state index is 0.673. The van der Waals surface area contributed by atoms with Gasteiger partial charge in [0, 0.05) is 58.8 Å². The molecule has 3 nitrogen and oxygen atoms in total. The summed E-state index contributed by atoms with van der Waals surface area (Å²) < 4.78 is 12.0. The molecular weight excluding hydrogens is 833 g/mol. The molecule has 1 spiro atoms. The maximum atomic E-state index is 7.03. The summed E-state index contributed by atoms with van der Waals surface area (Å²) in [5.74, 6) is 1.75. The molecule has 0 fully saturated rings. The molecule has 0 saturated carbocycles. The summed E-state index contributed by atoms with van der Waals surface area (Å²) in [6.45, 7) is 0. The number of anilines is 3. The average molecular weight is 871 g/mol. The number of para-hydroxylation sites is 2. The van der Waals surface area contributed by atoms with Crippen LogP contribution in [0.25, 0.3) is 80.3 Å². The molecule has 0 bridgehead atoms. The van der Waals surface area contributed by atoms with Gasteiger partial charge < -0.3 is 14.2 Å². The Morgan fingerprint density at radius 2 is 1.01 bits per heavy atom. The molecule has 2 aromatic heterocycles. The molecule has 1 unspecified atom stereocenters. The lowest BCUT2D eigenvalue weighted by Crippen LogP contribution is -2.36. The van der Waals surface area contributed by atoms with E-state index < -0.39 is 5.41 Å².